The summed E-state index contributed by atoms with van der Waals surface area (Å²) in [5.41, 5.74) is 5.47. The summed E-state index contributed by atoms with van der Waals surface area (Å²) < 4.78 is 13.2. The van der Waals surface area contributed by atoms with Crippen molar-refractivity contribution >= 4 is 24.2 Å². The molecule has 0 saturated heterocycles. The van der Waals surface area contributed by atoms with Gasteiger partial charge in [0.15, 0.2) is 0 Å². The molecule has 0 aliphatic heterocycles. The number of nitrogens with zero attached hydrogens (tertiary/aromatic N) is 1. The molecule has 6 heteroatoms. The van der Waals surface area contributed by atoms with Crippen molar-refractivity contribution in [3.8, 4) is 5.75 Å². The van der Waals surface area contributed by atoms with Crippen molar-refractivity contribution < 1.29 is 14.3 Å². The summed E-state index contributed by atoms with van der Waals surface area (Å²) in [6.07, 6.45) is 0. The molecule has 3 N–H and O–H groups in total. The van der Waals surface area contributed by atoms with Gasteiger partial charge >= 0.3 is 0 Å². The van der Waals surface area contributed by atoms with Crippen molar-refractivity contribution in [2.45, 2.75) is 11.8 Å². The Morgan fingerprint density at radius 1 is 1.62 bits per heavy atom. The fourth-order valence-corrected chi connectivity index (χ4v) is 1.31. The number of carbonyl (C=O) groups excluding carboxylic acids is 1. The van der Waals surface area contributed by atoms with Gasteiger partial charge in [0.05, 0.1) is 0 Å². The number of nitrogens with two attached hydrogens (primary N) is 1. The van der Waals surface area contributed by atoms with Crippen molar-refractivity contribution in [2.75, 3.05) is 6.54 Å². The first-order valence-corrected chi connectivity index (χ1v) is 4.87. The van der Waals surface area contributed by atoms with Crippen LogP contribution in [0.25, 0.3) is 0 Å². The van der Waals surface area contributed by atoms with E-state index in [4.69, 9.17) is 5.73 Å². The summed E-state index contributed by atoms with van der Waals surface area (Å²) in [7, 11) is 0. The molecular weight excluding hydrogens is 231 g/mol. The lowest BCUT2D eigenvalue weighted by atomic mass is 10.1. The Morgan fingerprint density at radius 2 is 2.25 bits per heavy atom. The predicted molar refractivity (Wildman–Crippen MR) is 61.6 cm³/mol. The Labute approximate surface area is 97.4 Å². The number of hydrogen-bond donors (Lipinski definition) is 3. The second-order valence-corrected chi connectivity index (χ2v) is 3.67. The number of primary amides is 1. The molecule has 1 amide bonds. The third-order valence-electron chi connectivity index (χ3n) is 1.93. The van der Waals surface area contributed by atoms with Crippen molar-refractivity contribution in [1.82, 2.24) is 0 Å². The van der Waals surface area contributed by atoms with Gasteiger partial charge in [-0.15, -0.1) is 12.6 Å². The molecule has 0 aromatic heterocycles. The molecule has 0 bridgehead atoms. The van der Waals surface area contributed by atoms with Gasteiger partial charge in [-0.25, -0.2) is 4.39 Å². The summed E-state index contributed by atoms with van der Waals surface area (Å²) in [5, 5.41) is 9.54. The maximum Gasteiger partial charge on any atom is 0.239 e. The number of phenols is 1. The van der Waals surface area contributed by atoms with Crippen LogP contribution in [0.15, 0.2) is 22.0 Å². The van der Waals surface area contributed by atoms with Gasteiger partial charge in [-0.1, -0.05) is 0 Å². The number of phenolic OH excluding ortho intramolecular Hbond substituents is 1. The van der Waals surface area contributed by atoms with Crippen LogP contribution in [0.1, 0.15) is 12.5 Å². The number of thiol groups is 1. The molecule has 0 fully saturated rings. The number of halogens is 1. The smallest absolute Gasteiger partial charge is 0.239 e. The van der Waals surface area contributed by atoms with Crippen molar-refractivity contribution in [1.29, 1.82) is 0 Å². The minimum Gasteiger partial charge on any atom is -0.507 e. The molecule has 16 heavy (non-hydrogen) atoms. The molecule has 0 unspecified atom stereocenters. The number of amides is 1. The molecule has 1 aromatic carbocycles. The van der Waals surface area contributed by atoms with Crippen LogP contribution in [-0.2, 0) is 4.79 Å². The van der Waals surface area contributed by atoms with Crippen LogP contribution in [0.2, 0.25) is 0 Å². The predicted octanol–water partition coefficient (Wildman–Crippen LogP) is 1.11. The lowest BCUT2D eigenvalue weighted by molar-refractivity contribution is -0.116. The van der Waals surface area contributed by atoms with Crippen LogP contribution in [0, 0.1) is 5.82 Å². The number of benzene rings is 1. The SMILES string of the molecule is CC(=NCC(N)=O)c1cc(F)c(S)cc1O. The molecule has 86 valence electrons. The quantitative estimate of drug-likeness (QED) is 0.548. The van der Waals surface area contributed by atoms with E-state index in [0.29, 0.717) is 5.71 Å². The molecule has 0 atom stereocenters. The maximum absolute atomic E-state index is 13.2. The second-order valence-electron chi connectivity index (χ2n) is 3.19. The van der Waals surface area contributed by atoms with E-state index in [9.17, 15) is 14.3 Å². The third-order valence-corrected chi connectivity index (χ3v) is 2.27. The van der Waals surface area contributed by atoms with Crippen molar-refractivity contribution in [3.63, 3.8) is 0 Å². The number of aliphatic imine (C=N–C) groups is 1. The van der Waals surface area contributed by atoms with Crippen LogP contribution < -0.4 is 5.73 Å². The van der Waals surface area contributed by atoms with E-state index in [0.717, 1.165) is 6.07 Å². The summed E-state index contributed by atoms with van der Waals surface area (Å²) in [6, 6.07) is 2.29. The Kier molecular flexibility index (Phi) is 3.89. The Morgan fingerprint density at radius 3 is 2.81 bits per heavy atom. The first kappa shape index (κ1) is 12.5. The topological polar surface area (TPSA) is 75.7 Å². The normalized spacial score (nSPS) is 11.6. The van der Waals surface area contributed by atoms with Gasteiger partial charge in [0.1, 0.15) is 18.1 Å². The fraction of sp³-hybridized carbons (Fsp3) is 0.200. The molecular formula is C10H11FN2O2S. The lowest BCUT2D eigenvalue weighted by Gasteiger charge is -2.05. The first-order chi connectivity index (χ1) is 7.41. The zero-order valence-corrected chi connectivity index (χ0v) is 9.46. The van der Waals surface area contributed by atoms with E-state index in [1.807, 2.05) is 0 Å². The lowest BCUT2D eigenvalue weighted by Crippen LogP contribution is -2.15. The summed E-state index contributed by atoms with van der Waals surface area (Å²) in [5.74, 6) is -1.30. The van der Waals surface area contributed by atoms with Gasteiger partial charge in [0.25, 0.3) is 0 Å². The Hall–Kier alpha value is -1.56. The minimum atomic E-state index is -0.592. The average Bonchev–Trinajstić information content (AvgIpc) is 2.20. The highest BCUT2D eigenvalue weighted by Gasteiger charge is 2.09. The Balaban J connectivity index is 3.08. The number of aromatic hydroxyl groups is 1. The van der Waals surface area contributed by atoms with E-state index in [-0.39, 0.29) is 22.8 Å². The number of carbonyl (C=O) groups is 1. The summed E-state index contributed by atoms with van der Waals surface area (Å²) in [6.45, 7) is 1.35. The minimum absolute atomic E-state index is 0.0453. The molecule has 1 aromatic rings. The summed E-state index contributed by atoms with van der Waals surface area (Å²) in [4.78, 5) is 14.4. The maximum atomic E-state index is 13.2. The second kappa shape index (κ2) is 4.98. The van der Waals surface area contributed by atoms with Crippen molar-refractivity contribution in [2.24, 2.45) is 10.7 Å². The van der Waals surface area contributed by atoms with E-state index in [1.165, 1.54) is 6.07 Å². The van der Waals surface area contributed by atoms with E-state index < -0.39 is 11.7 Å². The standard InChI is InChI=1S/C10H11FN2O2S/c1-5(13-4-10(12)15)6-2-7(11)9(16)3-8(6)14/h2-3,14,16H,4H2,1H3,(H2,12,15). The fourth-order valence-electron chi connectivity index (χ4n) is 1.12. The van der Waals surface area contributed by atoms with Gasteiger partial charge in [-0.2, -0.15) is 0 Å². The highest BCUT2D eigenvalue weighted by atomic mass is 32.1. The molecule has 4 nitrogen and oxygen atoms in total. The molecule has 0 aliphatic rings. The monoisotopic (exact) mass is 242 g/mol. The van der Waals surface area contributed by atoms with Crippen LogP contribution in [-0.4, -0.2) is 23.3 Å². The molecule has 0 saturated carbocycles. The van der Waals surface area contributed by atoms with Gasteiger partial charge < -0.3 is 10.8 Å². The molecule has 0 heterocycles. The van der Waals surface area contributed by atoms with Crippen LogP contribution in [0.3, 0.4) is 0 Å². The van der Waals surface area contributed by atoms with Gasteiger partial charge in [0, 0.05) is 16.2 Å². The van der Waals surface area contributed by atoms with Gasteiger partial charge in [0.2, 0.25) is 5.91 Å². The van der Waals surface area contributed by atoms with E-state index >= 15 is 0 Å². The zero-order valence-electron chi connectivity index (χ0n) is 8.57. The molecule has 0 spiro atoms. The van der Waals surface area contributed by atoms with E-state index in [1.54, 1.807) is 6.92 Å². The third kappa shape index (κ3) is 2.96. The number of rotatable bonds is 3. The van der Waals surface area contributed by atoms with E-state index in [2.05, 4.69) is 17.6 Å². The van der Waals surface area contributed by atoms with Crippen LogP contribution in [0.4, 0.5) is 4.39 Å². The zero-order chi connectivity index (χ0) is 12.3. The number of hydrogen-bond acceptors (Lipinski definition) is 4. The van der Waals surface area contributed by atoms with Crippen molar-refractivity contribution in [3.05, 3.63) is 23.5 Å². The molecule has 0 radical (unpaired) electrons. The highest BCUT2D eigenvalue weighted by molar-refractivity contribution is 7.80. The van der Waals surface area contributed by atoms with Crippen LogP contribution >= 0.6 is 12.6 Å². The average molecular weight is 242 g/mol. The van der Waals surface area contributed by atoms with Crippen LogP contribution in [0.5, 0.6) is 5.75 Å². The Bertz CT molecular complexity index is 460. The summed E-state index contributed by atoms with van der Waals surface area (Å²) >= 11 is 3.82. The highest BCUT2D eigenvalue weighted by Crippen LogP contribution is 2.24. The molecule has 1 rings (SSSR count). The largest absolute Gasteiger partial charge is 0.507 e. The first-order valence-electron chi connectivity index (χ1n) is 4.43. The molecule has 0 aliphatic carbocycles. The van der Waals surface area contributed by atoms with Gasteiger partial charge in [-0.05, 0) is 19.1 Å². The van der Waals surface area contributed by atoms with Gasteiger partial charge in [-0.3, -0.25) is 9.79 Å².